The fraction of sp³-hybridized carbons (Fsp3) is 0.379. The monoisotopic (exact) mass is 1200 g/mol. The molecule has 5 aromatic carbocycles. The van der Waals surface area contributed by atoms with Crippen molar-refractivity contribution >= 4 is 70.7 Å². The van der Waals surface area contributed by atoms with Crippen LogP contribution in [0.15, 0.2) is 114 Å². The lowest BCUT2D eigenvalue weighted by Crippen LogP contribution is -2.55. The summed E-state index contributed by atoms with van der Waals surface area (Å²) in [5, 5.41) is 20.5. The molecule has 22 nitrogen and oxygen atoms in total. The van der Waals surface area contributed by atoms with Crippen molar-refractivity contribution in [2.75, 3.05) is 50.7 Å². The van der Waals surface area contributed by atoms with E-state index in [4.69, 9.17) is 23.7 Å². The molecule has 0 saturated carbocycles. The Morgan fingerprint density at radius 1 is 0.716 bits per heavy atom. The van der Waals surface area contributed by atoms with Crippen molar-refractivity contribution < 1.29 is 67.1 Å². The Bertz CT molecular complexity index is 3490. The predicted molar refractivity (Wildman–Crippen MR) is 327 cm³/mol. The summed E-state index contributed by atoms with van der Waals surface area (Å²) in [6.45, 7) is 8.30. The van der Waals surface area contributed by atoms with Crippen LogP contribution in [-0.2, 0) is 61.2 Å². The number of carbonyl (C=O) groups excluding carboxylic acids is 8. The average molecular weight is 1200 g/mol. The largest absolute Gasteiger partial charge is 0.493 e. The molecule has 4 N–H and O–H groups in total. The Kier molecular flexibility index (Phi) is 20.6. The number of ether oxygens (including phenoxy) is 5. The number of aryl methyl sites for hydroxylation is 1. The molecule has 0 radical (unpaired) electrons. The van der Waals surface area contributed by atoms with Crippen LogP contribution in [-0.4, -0.2) is 138 Å². The van der Waals surface area contributed by atoms with Crippen molar-refractivity contribution in [3.63, 3.8) is 0 Å². The van der Waals surface area contributed by atoms with Crippen molar-refractivity contribution in [2.45, 2.75) is 117 Å². The standard InChI is InChI=1S/C66H74N8O14/c1-7-43-16-10-12-18-45(43)37-71-29-27-67-50-35-55(53(84-5)33-48(50)63(71)80)86-30-15-31-87-56-36-51-49(34-54(56)85-6)64(81)73-38-46-19-13-11-17-44(46)32-52(73)65(82)74(51)66(83)88-39-42-21-23-47(24-22-42)69-61(78)41(4)68-62(79)60(40(2)3)70-57(75)20-9-8-14-28-72-58(76)25-26-59(72)77/h10-13,16-19,21-27,33-36,40-41,52,60,65,82H,7-9,14-15,20,28-32,37-39H2,1-6H3,(H,68,79)(H,69,78)(H,70,75)/t41-,52-,60-,65?/m0/s1. The summed E-state index contributed by atoms with van der Waals surface area (Å²) in [6.07, 6.45) is 4.80. The molecule has 1 unspecified atom stereocenters. The van der Waals surface area contributed by atoms with Crippen molar-refractivity contribution in [3.8, 4) is 23.0 Å². The maximum absolute atomic E-state index is 14.7. The van der Waals surface area contributed by atoms with Gasteiger partial charge in [-0.25, -0.2) is 9.69 Å². The van der Waals surface area contributed by atoms with Crippen molar-refractivity contribution in [1.82, 2.24) is 25.3 Å². The molecule has 0 aromatic heterocycles. The van der Waals surface area contributed by atoms with Crippen LogP contribution in [0.3, 0.4) is 0 Å². The van der Waals surface area contributed by atoms with E-state index in [1.54, 1.807) is 66.3 Å². The van der Waals surface area contributed by atoms with Crippen LogP contribution in [0.4, 0.5) is 21.9 Å². The number of methoxy groups -OCH3 is 2. The number of unbranched alkanes of at least 4 members (excludes halogenated alkanes) is 2. The van der Waals surface area contributed by atoms with Gasteiger partial charge in [-0.2, -0.15) is 0 Å². The molecule has 0 spiro atoms. The lowest BCUT2D eigenvalue weighted by molar-refractivity contribution is -0.137. The Morgan fingerprint density at radius 2 is 1.38 bits per heavy atom. The number of nitrogens with one attached hydrogen (secondary N) is 3. The van der Waals surface area contributed by atoms with Crippen LogP contribution >= 0.6 is 0 Å². The molecule has 0 fully saturated rings. The van der Waals surface area contributed by atoms with Gasteiger partial charge in [-0.1, -0.05) is 87.9 Å². The minimum Gasteiger partial charge on any atom is -0.493 e. The highest BCUT2D eigenvalue weighted by Crippen LogP contribution is 2.42. The Labute approximate surface area is 510 Å². The second kappa shape index (κ2) is 28.7. The first-order valence-corrected chi connectivity index (χ1v) is 29.6. The maximum Gasteiger partial charge on any atom is 0.416 e. The van der Waals surface area contributed by atoms with Crippen LogP contribution in [0.5, 0.6) is 23.0 Å². The fourth-order valence-electron chi connectivity index (χ4n) is 11.0. The number of hydrogen-bond acceptors (Lipinski definition) is 15. The summed E-state index contributed by atoms with van der Waals surface area (Å²) >= 11 is 0. The molecule has 22 heteroatoms. The molecule has 0 aliphatic carbocycles. The zero-order chi connectivity index (χ0) is 62.6. The van der Waals surface area contributed by atoms with Gasteiger partial charge in [0.1, 0.15) is 18.7 Å². The van der Waals surface area contributed by atoms with Gasteiger partial charge in [0.15, 0.2) is 29.2 Å². The van der Waals surface area contributed by atoms with Gasteiger partial charge in [-0.3, -0.25) is 43.5 Å². The molecule has 9 rings (SSSR count). The number of benzene rings is 5. The van der Waals surface area contributed by atoms with E-state index in [0.717, 1.165) is 32.9 Å². The first kappa shape index (κ1) is 62.9. The third kappa shape index (κ3) is 14.6. The van der Waals surface area contributed by atoms with Gasteiger partial charge >= 0.3 is 6.09 Å². The van der Waals surface area contributed by atoms with E-state index < -0.39 is 48.2 Å². The first-order valence-electron chi connectivity index (χ1n) is 29.6. The van der Waals surface area contributed by atoms with Crippen LogP contribution in [0, 0.1) is 5.92 Å². The van der Waals surface area contributed by atoms with Gasteiger partial charge in [0.25, 0.3) is 23.6 Å². The highest BCUT2D eigenvalue weighted by Gasteiger charge is 2.45. The van der Waals surface area contributed by atoms with E-state index in [1.165, 1.54) is 51.0 Å². The van der Waals surface area contributed by atoms with E-state index in [1.807, 2.05) is 42.5 Å². The topological polar surface area (TPSA) is 264 Å². The molecule has 0 bridgehead atoms. The Balaban J connectivity index is 0.819. The van der Waals surface area contributed by atoms with Gasteiger partial charge in [0.05, 0.1) is 62.5 Å². The molecule has 4 heterocycles. The third-order valence-electron chi connectivity index (χ3n) is 15.9. The normalized spacial score (nSPS) is 16.6. The fourth-order valence-corrected chi connectivity index (χ4v) is 11.0. The molecule has 4 atom stereocenters. The summed E-state index contributed by atoms with van der Waals surface area (Å²) in [4.78, 5) is 116. The van der Waals surface area contributed by atoms with E-state index >= 15 is 0 Å². The SMILES string of the molecule is CCc1ccccc1CN1CC=Nc2cc(OCCCOc3cc4c(cc3OC)C(=O)N3Cc5ccccc5C[C@H]3C(O)N4C(=O)OCc3ccc(NC(=O)[C@H](C)NC(=O)[C@@H](NC(=O)CCCCCN4C(=O)C=CC4=O)C(C)C)cc3)c(OC)cc2C1=O. The highest BCUT2D eigenvalue weighted by atomic mass is 16.6. The van der Waals surface area contributed by atoms with Gasteiger partial charge in [-0.15, -0.1) is 0 Å². The third-order valence-corrected chi connectivity index (χ3v) is 15.9. The summed E-state index contributed by atoms with van der Waals surface area (Å²) in [7, 11) is 2.93. The quantitative estimate of drug-likeness (QED) is 0.0324. The number of aliphatic imine (C=N–C) groups is 1. The van der Waals surface area contributed by atoms with Gasteiger partial charge < -0.3 is 54.5 Å². The molecule has 88 heavy (non-hydrogen) atoms. The van der Waals surface area contributed by atoms with Crippen molar-refractivity contribution in [1.29, 1.82) is 0 Å². The van der Waals surface area contributed by atoms with Gasteiger partial charge in [0.2, 0.25) is 17.7 Å². The average Bonchev–Trinajstić information content (AvgIpc) is 2.26. The number of anilines is 2. The molecule has 8 amide bonds. The zero-order valence-corrected chi connectivity index (χ0v) is 50.2. The summed E-state index contributed by atoms with van der Waals surface area (Å²) < 4.78 is 29.8. The molecule has 4 aliphatic rings. The van der Waals surface area contributed by atoms with E-state index in [2.05, 4.69) is 33.9 Å². The van der Waals surface area contributed by atoms with Crippen LogP contribution < -0.4 is 39.8 Å². The number of carbonyl (C=O) groups is 8. The van der Waals surface area contributed by atoms with Gasteiger partial charge in [-0.05, 0) is 90.6 Å². The second-order valence-electron chi connectivity index (χ2n) is 22.2. The number of hydrogen-bond donors (Lipinski definition) is 4. The molecule has 0 saturated heterocycles. The molecule has 5 aromatic rings. The number of aliphatic hydroxyl groups excluding tert-OH is 1. The predicted octanol–water partition coefficient (Wildman–Crippen LogP) is 7.58. The Hall–Kier alpha value is -9.57. The number of rotatable bonds is 25. The first-order chi connectivity index (χ1) is 42.5. The Morgan fingerprint density at radius 3 is 2.06 bits per heavy atom. The summed E-state index contributed by atoms with van der Waals surface area (Å²) in [5.74, 6) is -1.94. The summed E-state index contributed by atoms with van der Waals surface area (Å²) in [5.41, 5.74) is 5.90. The van der Waals surface area contributed by atoms with Crippen molar-refractivity contribution in [3.05, 3.63) is 148 Å². The maximum atomic E-state index is 14.7. The smallest absolute Gasteiger partial charge is 0.416 e. The minimum atomic E-state index is -1.58. The molecular formula is C66H74N8O14. The molecule has 462 valence electrons. The van der Waals surface area contributed by atoms with Crippen LogP contribution in [0.2, 0.25) is 0 Å². The molecular weight excluding hydrogens is 1130 g/mol. The molecule has 4 aliphatic heterocycles. The highest BCUT2D eigenvalue weighted by molar-refractivity contribution is 6.13. The van der Waals surface area contributed by atoms with Crippen molar-refractivity contribution in [2.24, 2.45) is 10.9 Å². The number of amides is 8. The van der Waals surface area contributed by atoms with E-state index in [9.17, 15) is 43.5 Å². The minimum absolute atomic E-state index is 0.0325. The lowest BCUT2D eigenvalue weighted by atomic mass is 9.93. The van der Waals surface area contributed by atoms with Gasteiger partial charge in [0, 0.05) is 68.7 Å². The number of imide groups is 1. The van der Waals surface area contributed by atoms with E-state index in [-0.39, 0.29) is 98.0 Å². The number of fused-ring (bicyclic) bond motifs is 4. The lowest BCUT2D eigenvalue weighted by Gasteiger charge is -2.39. The summed E-state index contributed by atoms with van der Waals surface area (Å²) in [6, 6.07) is 25.6. The van der Waals surface area contributed by atoms with E-state index in [0.29, 0.717) is 72.8 Å². The van der Waals surface area contributed by atoms with Crippen LogP contribution in [0.1, 0.15) is 108 Å². The number of aliphatic hydroxyl groups is 1. The number of nitrogens with zero attached hydrogens (tertiary/aromatic N) is 5. The zero-order valence-electron chi connectivity index (χ0n) is 50.2. The van der Waals surface area contributed by atoms with Crippen LogP contribution in [0.25, 0.3) is 0 Å². The second-order valence-corrected chi connectivity index (χ2v) is 22.2.